The molecular weight excluding hydrogens is 223 g/mol. The van der Waals surface area contributed by atoms with Gasteiger partial charge in [-0.25, -0.2) is 9.37 Å². The van der Waals surface area contributed by atoms with Gasteiger partial charge in [-0.1, -0.05) is 6.92 Å². The lowest BCUT2D eigenvalue weighted by Crippen LogP contribution is -2.07. The molecule has 1 unspecified atom stereocenters. The molecule has 0 amide bonds. The zero-order valence-corrected chi connectivity index (χ0v) is 9.80. The molecular formula is C12H13FN2S. The summed E-state index contributed by atoms with van der Waals surface area (Å²) in [6.45, 7) is 2.03. The molecule has 0 aliphatic rings. The Labute approximate surface area is 97.9 Å². The topological polar surface area (TPSA) is 38.9 Å². The van der Waals surface area contributed by atoms with Crippen LogP contribution in [0, 0.1) is 5.82 Å². The molecule has 2 N–H and O–H groups in total. The van der Waals surface area contributed by atoms with E-state index in [1.807, 2.05) is 12.3 Å². The minimum atomic E-state index is -0.232. The van der Waals surface area contributed by atoms with Crippen LogP contribution < -0.4 is 5.73 Å². The van der Waals surface area contributed by atoms with Crippen molar-refractivity contribution in [3.05, 3.63) is 40.5 Å². The van der Waals surface area contributed by atoms with E-state index in [0.29, 0.717) is 0 Å². The fourth-order valence-electron chi connectivity index (χ4n) is 1.39. The summed E-state index contributed by atoms with van der Waals surface area (Å²) >= 11 is 1.55. The molecule has 0 spiro atoms. The van der Waals surface area contributed by atoms with Gasteiger partial charge in [0, 0.05) is 10.9 Å². The lowest BCUT2D eigenvalue weighted by molar-refractivity contribution is 0.628. The highest BCUT2D eigenvalue weighted by Gasteiger charge is 2.09. The predicted molar refractivity (Wildman–Crippen MR) is 64.7 cm³/mol. The molecule has 0 aliphatic carbocycles. The van der Waals surface area contributed by atoms with Crippen LogP contribution >= 0.6 is 11.3 Å². The van der Waals surface area contributed by atoms with Crippen LogP contribution in [0.1, 0.15) is 24.4 Å². The summed E-state index contributed by atoms with van der Waals surface area (Å²) in [6.07, 6.45) is 0.871. The molecule has 1 aromatic heterocycles. The molecule has 0 fully saturated rings. The first-order valence-corrected chi connectivity index (χ1v) is 6.05. The largest absolute Gasteiger partial charge is 0.322 e. The van der Waals surface area contributed by atoms with Crippen LogP contribution in [0.15, 0.2) is 29.6 Å². The van der Waals surface area contributed by atoms with E-state index in [1.165, 1.54) is 12.1 Å². The summed E-state index contributed by atoms with van der Waals surface area (Å²) in [5.74, 6) is -0.232. The van der Waals surface area contributed by atoms with Crippen molar-refractivity contribution < 1.29 is 4.39 Å². The number of hydrogen-bond acceptors (Lipinski definition) is 3. The van der Waals surface area contributed by atoms with Gasteiger partial charge in [0.1, 0.15) is 10.8 Å². The molecule has 2 nitrogen and oxygen atoms in total. The maximum absolute atomic E-state index is 12.8. The molecule has 1 atom stereocenters. The molecule has 0 aliphatic heterocycles. The number of nitrogens with two attached hydrogens (primary N) is 1. The maximum Gasteiger partial charge on any atom is 0.123 e. The molecule has 0 radical (unpaired) electrons. The Morgan fingerprint density at radius 3 is 2.69 bits per heavy atom. The van der Waals surface area contributed by atoms with Crippen molar-refractivity contribution in [2.45, 2.75) is 19.4 Å². The quantitative estimate of drug-likeness (QED) is 0.887. The van der Waals surface area contributed by atoms with Gasteiger partial charge < -0.3 is 5.73 Å². The van der Waals surface area contributed by atoms with E-state index < -0.39 is 0 Å². The van der Waals surface area contributed by atoms with Crippen molar-refractivity contribution in [1.82, 2.24) is 4.98 Å². The van der Waals surface area contributed by atoms with E-state index in [0.717, 1.165) is 22.7 Å². The Hall–Kier alpha value is -1.26. The standard InChI is InChI=1S/C12H13FN2S/c1-2-10(14)12-15-11(7-16-12)8-3-5-9(13)6-4-8/h3-7,10H,2,14H2,1H3. The monoisotopic (exact) mass is 236 g/mol. The van der Waals surface area contributed by atoms with Gasteiger partial charge in [-0.3, -0.25) is 0 Å². The average molecular weight is 236 g/mol. The number of rotatable bonds is 3. The number of nitrogens with zero attached hydrogens (tertiary/aromatic N) is 1. The average Bonchev–Trinajstić information content (AvgIpc) is 2.78. The summed E-state index contributed by atoms with van der Waals surface area (Å²) in [6, 6.07) is 6.33. The first-order valence-electron chi connectivity index (χ1n) is 5.17. The third-order valence-electron chi connectivity index (χ3n) is 2.42. The van der Waals surface area contributed by atoms with E-state index in [1.54, 1.807) is 23.5 Å². The minimum Gasteiger partial charge on any atom is -0.322 e. The second-order valence-corrected chi connectivity index (χ2v) is 4.48. The second-order valence-electron chi connectivity index (χ2n) is 3.59. The molecule has 4 heteroatoms. The van der Waals surface area contributed by atoms with Crippen molar-refractivity contribution in [2.75, 3.05) is 0 Å². The lowest BCUT2D eigenvalue weighted by Gasteiger charge is -2.02. The number of hydrogen-bond donors (Lipinski definition) is 1. The van der Waals surface area contributed by atoms with Gasteiger partial charge in [-0.05, 0) is 30.7 Å². The zero-order valence-electron chi connectivity index (χ0n) is 8.98. The van der Waals surface area contributed by atoms with Crippen LogP contribution in [-0.2, 0) is 0 Å². The smallest absolute Gasteiger partial charge is 0.123 e. The fourth-order valence-corrected chi connectivity index (χ4v) is 2.30. The highest BCUT2D eigenvalue weighted by molar-refractivity contribution is 7.10. The van der Waals surface area contributed by atoms with Crippen molar-refractivity contribution in [1.29, 1.82) is 0 Å². The predicted octanol–water partition coefficient (Wildman–Crippen LogP) is 3.36. The molecule has 0 bridgehead atoms. The summed E-state index contributed by atoms with van der Waals surface area (Å²) in [7, 11) is 0. The van der Waals surface area contributed by atoms with Gasteiger partial charge >= 0.3 is 0 Å². The van der Waals surface area contributed by atoms with E-state index in [4.69, 9.17) is 5.73 Å². The van der Waals surface area contributed by atoms with Gasteiger partial charge in [-0.2, -0.15) is 0 Å². The van der Waals surface area contributed by atoms with E-state index >= 15 is 0 Å². The van der Waals surface area contributed by atoms with Gasteiger partial charge in [0.2, 0.25) is 0 Å². The molecule has 0 saturated heterocycles. The molecule has 1 heterocycles. The Morgan fingerprint density at radius 1 is 1.38 bits per heavy atom. The van der Waals surface area contributed by atoms with Crippen LogP contribution in [0.2, 0.25) is 0 Å². The third kappa shape index (κ3) is 2.28. The maximum atomic E-state index is 12.8. The third-order valence-corrected chi connectivity index (χ3v) is 3.40. The Bertz CT molecular complexity index is 464. The van der Waals surface area contributed by atoms with Crippen LogP contribution in [0.3, 0.4) is 0 Å². The molecule has 1 aromatic carbocycles. The van der Waals surface area contributed by atoms with E-state index in [-0.39, 0.29) is 11.9 Å². The van der Waals surface area contributed by atoms with Crippen LogP contribution in [0.4, 0.5) is 4.39 Å². The lowest BCUT2D eigenvalue weighted by atomic mass is 10.2. The highest BCUT2D eigenvalue weighted by atomic mass is 32.1. The Morgan fingerprint density at radius 2 is 2.06 bits per heavy atom. The van der Waals surface area contributed by atoms with E-state index in [2.05, 4.69) is 4.98 Å². The zero-order chi connectivity index (χ0) is 11.5. The normalized spacial score (nSPS) is 12.7. The first kappa shape index (κ1) is 11.2. The molecule has 0 saturated carbocycles. The fraction of sp³-hybridized carbons (Fsp3) is 0.250. The van der Waals surface area contributed by atoms with Crippen molar-refractivity contribution in [3.63, 3.8) is 0 Å². The molecule has 16 heavy (non-hydrogen) atoms. The van der Waals surface area contributed by atoms with Crippen LogP contribution in [0.5, 0.6) is 0 Å². The number of aromatic nitrogens is 1. The summed E-state index contributed by atoms with van der Waals surface area (Å²) in [5.41, 5.74) is 7.69. The summed E-state index contributed by atoms with van der Waals surface area (Å²) < 4.78 is 12.8. The number of benzene rings is 1. The summed E-state index contributed by atoms with van der Waals surface area (Å²) in [4.78, 5) is 4.45. The SMILES string of the molecule is CCC(N)c1nc(-c2ccc(F)cc2)cs1. The number of halogens is 1. The molecule has 2 rings (SSSR count). The van der Waals surface area contributed by atoms with Crippen molar-refractivity contribution in [3.8, 4) is 11.3 Å². The Kier molecular flexibility index (Phi) is 3.31. The van der Waals surface area contributed by atoms with Crippen molar-refractivity contribution >= 4 is 11.3 Å². The minimum absolute atomic E-state index is 0.000742. The second kappa shape index (κ2) is 4.72. The van der Waals surface area contributed by atoms with E-state index in [9.17, 15) is 4.39 Å². The Balaban J connectivity index is 2.28. The van der Waals surface area contributed by atoms with Crippen LogP contribution in [-0.4, -0.2) is 4.98 Å². The van der Waals surface area contributed by atoms with Crippen LogP contribution in [0.25, 0.3) is 11.3 Å². The van der Waals surface area contributed by atoms with Gasteiger partial charge in [0.25, 0.3) is 0 Å². The first-order chi connectivity index (χ1) is 7.70. The van der Waals surface area contributed by atoms with Crippen molar-refractivity contribution in [2.24, 2.45) is 5.73 Å². The highest BCUT2D eigenvalue weighted by Crippen LogP contribution is 2.25. The van der Waals surface area contributed by atoms with Gasteiger partial charge in [0.15, 0.2) is 0 Å². The number of thiazole rings is 1. The van der Waals surface area contributed by atoms with Gasteiger partial charge in [-0.15, -0.1) is 11.3 Å². The summed E-state index contributed by atoms with van der Waals surface area (Å²) in [5, 5.41) is 2.89. The molecule has 84 valence electrons. The van der Waals surface area contributed by atoms with Gasteiger partial charge in [0.05, 0.1) is 11.7 Å². The molecule has 2 aromatic rings.